The molecule has 6 heteroatoms. The zero-order valence-corrected chi connectivity index (χ0v) is 13.1. The van der Waals surface area contributed by atoms with Gasteiger partial charge in [-0.15, -0.1) is 6.42 Å². The normalized spacial score (nSPS) is 9.92. The van der Waals surface area contributed by atoms with Gasteiger partial charge in [0.2, 0.25) is 0 Å². The Morgan fingerprint density at radius 1 is 1.25 bits per heavy atom. The van der Waals surface area contributed by atoms with Gasteiger partial charge in [0.25, 0.3) is 0 Å². The Hall–Kier alpha value is -3.07. The summed E-state index contributed by atoms with van der Waals surface area (Å²) >= 11 is 0. The number of amides is 1. The first-order valence-corrected chi connectivity index (χ1v) is 7.11. The van der Waals surface area contributed by atoms with Crippen molar-refractivity contribution in [3.63, 3.8) is 0 Å². The molecule has 2 aromatic carbocycles. The zero-order chi connectivity index (χ0) is 17.5. The van der Waals surface area contributed by atoms with Crippen molar-refractivity contribution in [1.82, 2.24) is 0 Å². The van der Waals surface area contributed by atoms with Crippen molar-refractivity contribution in [2.45, 2.75) is 6.54 Å². The van der Waals surface area contributed by atoms with Crippen molar-refractivity contribution in [2.24, 2.45) is 0 Å². The predicted octanol–water partition coefficient (Wildman–Crippen LogP) is 3.78. The molecule has 1 amide bonds. The van der Waals surface area contributed by atoms with Crippen LogP contribution in [0.15, 0.2) is 42.5 Å². The van der Waals surface area contributed by atoms with Crippen LogP contribution in [0.2, 0.25) is 0 Å². The lowest BCUT2D eigenvalue weighted by Crippen LogP contribution is -2.23. The summed E-state index contributed by atoms with van der Waals surface area (Å²) in [6.07, 6.45) is 4.62. The fraction of sp³-hybridized carbons (Fsp3) is 0.167. The number of hydrogen-bond donors (Lipinski definition) is 1. The van der Waals surface area contributed by atoms with E-state index in [2.05, 4.69) is 16.0 Å². The second-order valence-electron chi connectivity index (χ2n) is 4.97. The van der Waals surface area contributed by atoms with E-state index in [4.69, 9.17) is 6.42 Å². The van der Waals surface area contributed by atoms with Gasteiger partial charge in [-0.25, -0.2) is 13.6 Å². The molecular weight excluding hydrogens is 314 g/mol. The zero-order valence-electron chi connectivity index (χ0n) is 13.1. The van der Waals surface area contributed by atoms with Crippen LogP contribution in [-0.4, -0.2) is 19.7 Å². The quantitative estimate of drug-likeness (QED) is 0.848. The van der Waals surface area contributed by atoms with E-state index in [0.29, 0.717) is 12.2 Å². The number of methoxy groups -OCH3 is 1. The molecular formula is C18H16F2N2O2. The highest BCUT2D eigenvalue weighted by Gasteiger charge is 2.12. The lowest BCUT2D eigenvalue weighted by molar-refractivity contribution is 0.187. The molecule has 0 atom stereocenters. The molecule has 124 valence electrons. The van der Waals surface area contributed by atoms with Crippen LogP contribution >= 0.6 is 0 Å². The number of nitrogens with zero attached hydrogens (tertiary/aromatic N) is 1. The van der Waals surface area contributed by atoms with E-state index in [1.807, 2.05) is 0 Å². The number of rotatable bonds is 5. The summed E-state index contributed by atoms with van der Waals surface area (Å²) in [7, 11) is 1.19. The molecule has 0 aliphatic heterocycles. The number of carbonyl (C=O) groups is 1. The van der Waals surface area contributed by atoms with Crippen LogP contribution in [-0.2, 0) is 11.3 Å². The Balaban J connectivity index is 2.21. The van der Waals surface area contributed by atoms with Crippen LogP contribution in [0, 0.1) is 24.0 Å². The molecule has 2 aromatic rings. The fourth-order valence-electron chi connectivity index (χ4n) is 2.12. The lowest BCUT2D eigenvalue weighted by Gasteiger charge is -2.23. The highest BCUT2D eigenvalue weighted by Crippen LogP contribution is 2.23. The van der Waals surface area contributed by atoms with Crippen molar-refractivity contribution in [2.75, 3.05) is 23.9 Å². The molecule has 0 aliphatic rings. The van der Waals surface area contributed by atoms with Gasteiger partial charge in [0, 0.05) is 12.2 Å². The second-order valence-corrected chi connectivity index (χ2v) is 4.97. The number of ether oxygens (including phenoxy) is 1. The van der Waals surface area contributed by atoms with Gasteiger partial charge in [-0.1, -0.05) is 18.1 Å². The lowest BCUT2D eigenvalue weighted by atomic mass is 10.2. The number of nitrogens with one attached hydrogen (secondary N) is 1. The molecule has 0 fully saturated rings. The molecule has 2 rings (SSSR count). The fourth-order valence-corrected chi connectivity index (χ4v) is 2.12. The van der Waals surface area contributed by atoms with Gasteiger partial charge in [0.15, 0.2) is 0 Å². The molecule has 0 bridgehead atoms. The summed E-state index contributed by atoms with van der Waals surface area (Å²) in [5.41, 5.74) is 1.39. The smallest absolute Gasteiger partial charge is 0.411 e. The van der Waals surface area contributed by atoms with E-state index >= 15 is 0 Å². The van der Waals surface area contributed by atoms with E-state index in [0.717, 1.165) is 5.56 Å². The molecule has 0 radical (unpaired) electrons. The summed E-state index contributed by atoms with van der Waals surface area (Å²) in [5, 5.41) is 2.28. The van der Waals surface area contributed by atoms with Gasteiger partial charge in [-0.05, 0) is 35.9 Å². The first-order chi connectivity index (χ1) is 11.5. The SMILES string of the molecule is C#CCN(Cc1ccc(F)cc1)c1ccc(NC(=O)OC)c(F)c1. The van der Waals surface area contributed by atoms with E-state index in [1.54, 1.807) is 23.1 Å². The molecule has 1 N–H and O–H groups in total. The molecule has 0 heterocycles. The molecule has 24 heavy (non-hydrogen) atoms. The monoisotopic (exact) mass is 330 g/mol. The maximum Gasteiger partial charge on any atom is 0.411 e. The second kappa shape index (κ2) is 7.97. The predicted molar refractivity (Wildman–Crippen MR) is 88.7 cm³/mol. The molecule has 0 spiro atoms. The van der Waals surface area contributed by atoms with E-state index in [-0.39, 0.29) is 18.0 Å². The Morgan fingerprint density at radius 2 is 1.96 bits per heavy atom. The molecule has 0 unspecified atom stereocenters. The van der Waals surface area contributed by atoms with Crippen LogP contribution in [0.3, 0.4) is 0 Å². The summed E-state index contributed by atoms with van der Waals surface area (Å²) < 4.78 is 31.6. The molecule has 0 saturated heterocycles. The topological polar surface area (TPSA) is 41.6 Å². The van der Waals surface area contributed by atoms with E-state index in [1.165, 1.54) is 31.4 Å². The average Bonchev–Trinajstić information content (AvgIpc) is 2.58. The maximum atomic E-state index is 14.1. The number of halogens is 2. The van der Waals surface area contributed by atoms with Gasteiger partial charge in [0.05, 0.1) is 19.3 Å². The summed E-state index contributed by atoms with van der Waals surface area (Å²) in [6, 6.07) is 10.3. The third kappa shape index (κ3) is 4.46. The summed E-state index contributed by atoms with van der Waals surface area (Å²) in [4.78, 5) is 12.9. The van der Waals surface area contributed by atoms with Crippen LogP contribution in [0.25, 0.3) is 0 Å². The summed E-state index contributed by atoms with van der Waals surface area (Å²) in [5.74, 6) is 1.57. The maximum absolute atomic E-state index is 14.1. The summed E-state index contributed by atoms with van der Waals surface area (Å²) in [6.45, 7) is 0.647. The number of anilines is 2. The van der Waals surface area contributed by atoms with Gasteiger partial charge < -0.3 is 9.64 Å². The van der Waals surface area contributed by atoms with Gasteiger partial charge >= 0.3 is 6.09 Å². The van der Waals surface area contributed by atoms with Crippen LogP contribution < -0.4 is 10.2 Å². The van der Waals surface area contributed by atoms with E-state index in [9.17, 15) is 13.6 Å². The van der Waals surface area contributed by atoms with Crippen molar-refractivity contribution >= 4 is 17.5 Å². The molecule has 0 aromatic heterocycles. The van der Waals surface area contributed by atoms with Crippen LogP contribution in [0.5, 0.6) is 0 Å². The molecule has 0 saturated carbocycles. The van der Waals surface area contributed by atoms with Crippen LogP contribution in [0.1, 0.15) is 5.56 Å². The minimum atomic E-state index is -0.756. The van der Waals surface area contributed by atoms with Crippen molar-refractivity contribution < 1.29 is 18.3 Å². The Labute approximate surface area is 139 Å². The highest BCUT2D eigenvalue weighted by molar-refractivity contribution is 5.85. The minimum absolute atomic E-state index is 0.00744. The van der Waals surface area contributed by atoms with Gasteiger partial charge in [-0.2, -0.15) is 0 Å². The average molecular weight is 330 g/mol. The highest BCUT2D eigenvalue weighted by atomic mass is 19.1. The van der Waals surface area contributed by atoms with Crippen molar-refractivity contribution in [3.8, 4) is 12.3 Å². The molecule has 4 nitrogen and oxygen atoms in total. The number of hydrogen-bond acceptors (Lipinski definition) is 3. The van der Waals surface area contributed by atoms with Crippen LogP contribution in [0.4, 0.5) is 25.0 Å². The Bertz CT molecular complexity index is 755. The number of terminal acetylenes is 1. The number of benzene rings is 2. The largest absolute Gasteiger partial charge is 0.453 e. The Morgan fingerprint density at radius 3 is 2.54 bits per heavy atom. The van der Waals surface area contributed by atoms with Gasteiger partial charge in [-0.3, -0.25) is 5.32 Å². The Kier molecular flexibility index (Phi) is 5.74. The first-order valence-electron chi connectivity index (χ1n) is 7.11. The standard InChI is InChI=1S/C18H16F2N2O2/c1-3-10-22(12-13-4-6-14(19)7-5-13)15-8-9-17(16(20)11-15)21-18(23)24-2/h1,4-9,11H,10,12H2,2H3,(H,21,23). The third-order valence-corrected chi connectivity index (χ3v) is 3.31. The van der Waals surface area contributed by atoms with Crippen molar-refractivity contribution in [1.29, 1.82) is 0 Å². The first kappa shape index (κ1) is 17.3. The van der Waals surface area contributed by atoms with Crippen molar-refractivity contribution in [3.05, 3.63) is 59.7 Å². The van der Waals surface area contributed by atoms with Gasteiger partial charge in [0.1, 0.15) is 11.6 Å². The molecule has 0 aliphatic carbocycles. The number of carbonyl (C=O) groups excluding carboxylic acids is 1. The third-order valence-electron chi connectivity index (χ3n) is 3.31. The minimum Gasteiger partial charge on any atom is -0.453 e. The van der Waals surface area contributed by atoms with E-state index < -0.39 is 11.9 Å².